The first-order chi connectivity index (χ1) is 16.4. The van der Waals surface area contributed by atoms with E-state index >= 15 is 0 Å². The quantitative estimate of drug-likeness (QED) is 0.549. The predicted octanol–water partition coefficient (Wildman–Crippen LogP) is 4.06. The molecule has 2 amide bonds. The molecule has 4 atom stereocenters. The van der Waals surface area contributed by atoms with Crippen molar-refractivity contribution >= 4 is 18.0 Å². The molecular formula is C27H30N2O5. The second-order valence-electron chi connectivity index (χ2n) is 9.98. The summed E-state index contributed by atoms with van der Waals surface area (Å²) >= 11 is 0. The molecule has 2 aromatic carbocycles. The summed E-state index contributed by atoms with van der Waals surface area (Å²) in [7, 11) is 0. The number of carbonyl (C=O) groups is 3. The number of carbonyl (C=O) groups excluding carboxylic acids is 2. The molecule has 3 N–H and O–H groups in total. The van der Waals surface area contributed by atoms with Crippen LogP contribution in [0.1, 0.15) is 56.1 Å². The SMILES string of the molecule is CC(CCC(=O)NC1CC2CC2(C(=O)O)C1)NC(=O)OCC1c2ccccc2-c2ccccc21. The molecule has 0 aliphatic heterocycles. The van der Waals surface area contributed by atoms with Crippen LogP contribution in [0.15, 0.2) is 48.5 Å². The van der Waals surface area contributed by atoms with Crippen LogP contribution in [-0.4, -0.2) is 41.8 Å². The third kappa shape index (κ3) is 4.15. The summed E-state index contributed by atoms with van der Waals surface area (Å²) in [6.07, 6.45) is 2.25. The summed E-state index contributed by atoms with van der Waals surface area (Å²) in [5.41, 5.74) is 4.09. The summed E-state index contributed by atoms with van der Waals surface area (Å²) in [6, 6.07) is 16.1. The number of amides is 2. The predicted molar refractivity (Wildman–Crippen MR) is 126 cm³/mol. The van der Waals surface area contributed by atoms with Gasteiger partial charge in [0, 0.05) is 24.4 Å². The number of hydrogen-bond donors (Lipinski definition) is 3. The normalized spacial score (nSPS) is 25.0. The summed E-state index contributed by atoms with van der Waals surface area (Å²) in [6.45, 7) is 2.10. The molecule has 0 saturated heterocycles. The van der Waals surface area contributed by atoms with Crippen molar-refractivity contribution in [3.05, 3.63) is 59.7 Å². The molecule has 178 valence electrons. The van der Waals surface area contributed by atoms with Gasteiger partial charge in [-0.3, -0.25) is 9.59 Å². The van der Waals surface area contributed by atoms with E-state index in [4.69, 9.17) is 4.74 Å². The molecule has 0 bridgehead atoms. The van der Waals surface area contributed by atoms with E-state index in [0.29, 0.717) is 12.8 Å². The number of hydrogen-bond acceptors (Lipinski definition) is 4. The monoisotopic (exact) mass is 462 g/mol. The number of benzene rings is 2. The van der Waals surface area contributed by atoms with Crippen molar-refractivity contribution in [3.63, 3.8) is 0 Å². The number of fused-ring (bicyclic) bond motifs is 4. The fourth-order valence-corrected chi connectivity index (χ4v) is 5.83. The minimum atomic E-state index is -0.741. The maximum Gasteiger partial charge on any atom is 0.407 e. The third-order valence-electron chi connectivity index (χ3n) is 7.72. The largest absolute Gasteiger partial charge is 0.481 e. The number of carboxylic acids is 1. The Hall–Kier alpha value is -3.35. The van der Waals surface area contributed by atoms with Crippen LogP contribution >= 0.6 is 0 Å². The number of carboxylic acid groups (broad SMARTS) is 1. The molecule has 34 heavy (non-hydrogen) atoms. The Balaban J connectivity index is 1.06. The lowest BCUT2D eigenvalue weighted by Gasteiger charge is -2.18. The zero-order valence-electron chi connectivity index (χ0n) is 19.3. The van der Waals surface area contributed by atoms with Gasteiger partial charge in [-0.2, -0.15) is 0 Å². The van der Waals surface area contributed by atoms with Gasteiger partial charge in [0.2, 0.25) is 5.91 Å². The molecule has 2 fully saturated rings. The van der Waals surface area contributed by atoms with Crippen molar-refractivity contribution in [3.8, 4) is 11.1 Å². The molecule has 4 unspecified atom stereocenters. The summed E-state index contributed by atoms with van der Waals surface area (Å²) in [4.78, 5) is 36.1. The average molecular weight is 463 g/mol. The van der Waals surface area contributed by atoms with E-state index in [1.165, 1.54) is 11.1 Å². The van der Waals surface area contributed by atoms with Crippen molar-refractivity contribution < 1.29 is 24.2 Å². The van der Waals surface area contributed by atoms with Gasteiger partial charge >= 0.3 is 12.1 Å². The van der Waals surface area contributed by atoms with Crippen LogP contribution in [0.3, 0.4) is 0 Å². The van der Waals surface area contributed by atoms with Crippen LogP contribution in [0.25, 0.3) is 11.1 Å². The van der Waals surface area contributed by atoms with Crippen LogP contribution in [0, 0.1) is 11.3 Å². The molecule has 0 spiro atoms. The molecule has 0 aromatic heterocycles. The highest BCUT2D eigenvalue weighted by Crippen LogP contribution is 2.63. The summed E-state index contributed by atoms with van der Waals surface area (Å²) < 4.78 is 5.57. The molecule has 5 rings (SSSR count). The minimum absolute atomic E-state index is 0.00551. The average Bonchev–Trinajstić information content (AvgIpc) is 3.25. The summed E-state index contributed by atoms with van der Waals surface area (Å²) in [5.74, 6) is -0.640. The maximum atomic E-state index is 12.4. The highest BCUT2D eigenvalue weighted by molar-refractivity contribution is 5.81. The van der Waals surface area contributed by atoms with Crippen LogP contribution in [0.5, 0.6) is 0 Å². The van der Waals surface area contributed by atoms with E-state index in [1.807, 2.05) is 31.2 Å². The molecular weight excluding hydrogens is 432 g/mol. The van der Waals surface area contributed by atoms with E-state index in [1.54, 1.807) is 0 Å². The second kappa shape index (κ2) is 8.78. The lowest BCUT2D eigenvalue weighted by molar-refractivity contribution is -0.143. The van der Waals surface area contributed by atoms with Crippen molar-refractivity contribution in [2.75, 3.05) is 6.61 Å². The Morgan fingerprint density at radius 3 is 2.32 bits per heavy atom. The van der Waals surface area contributed by atoms with Gasteiger partial charge in [0.25, 0.3) is 0 Å². The first-order valence-electron chi connectivity index (χ1n) is 12.0. The molecule has 0 heterocycles. The standard InChI is InChI=1S/C27H30N2O5/c1-16(10-11-24(30)29-18-12-17-13-27(17,14-18)25(31)32)28-26(33)34-15-23-21-8-4-2-6-19(21)20-7-3-5-9-22(20)23/h2-9,16-18,23H,10-15H2,1H3,(H,28,33)(H,29,30)(H,31,32). The number of nitrogens with one attached hydrogen (secondary N) is 2. The van der Waals surface area contributed by atoms with E-state index < -0.39 is 17.5 Å². The molecule has 7 nitrogen and oxygen atoms in total. The number of alkyl carbamates (subject to hydrolysis) is 1. The fourth-order valence-electron chi connectivity index (χ4n) is 5.83. The van der Waals surface area contributed by atoms with Gasteiger partial charge in [0.05, 0.1) is 5.41 Å². The smallest absolute Gasteiger partial charge is 0.407 e. The van der Waals surface area contributed by atoms with Crippen LogP contribution in [-0.2, 0) is 14.3 Å². The zero-order valence-corrected chi connectivity index (χ0v) is 19.3. The molecule has 0 radical (unpaired) electrons. The molecule has 2 saturated carbocycles. The van der Waals surface area contributed by atoms with Crippen LogP contribution in [0.2, 0.25) is 0 Å². The number of ether oxygens (including phenoxy) is 1. The van der Waals surface area contributed by atoms with Crippen molar-refractivity contribution in [2.45, 2.75) is 57.0 Å². The van der Waals surface area contributed by atoms with E-state index in [-0.39, 0.29) is 42.9 Å². The minimum Gasteiger partial charge on any atom is -0.481 e. The highest BCUT2D eigenvalue weighted by Gasteiger charge is 2.65. The Labute approximate surface area is 198 Å². The van der Waals surface area contributed by atoms with Gasteiger partial charge in [-0.25, -0.2) is 4.79 Å². The highest BCUT2D eigenvalue weighted by atomic mass is 16.5. The van der Waals surface area contributed by atoms with E-state index in [0.717, 1.165) is 24.0 Å². The third-order valence-corrected chi connectivity index (χ3v) is 7.72. The van der Waals surface area contributed by atoms with Crippen molar-refractivity contribution in [1.82, 2.24) is 10.6 Å². The molecule has 7 heteroatoms. The number of aliphatic carboxylic acids is 1. The van der Waals surface area contributed by atoms with Gasteiger partial charge in [-0.1, -0.05) is 48.5 Å². The Morgan fingerprint density at radius 1 is 1.06 bits per heavy atom. The van der Waals surface area contributed by atoms with Crippen LogP contribution < -0.4 is 10.6 Å². The summed E-state index contributed by atoms with van der Waals surface area (Å²) in [5, 5.41) is 15.2. The molecule has 2 aromatic rings. The van der Waals surface area contributed by atoms with Crippen LogP contribution in [0.4, 0.5) is 4.79 Å². The topological polar surface area (TPSA) is 105 Å². The molecule has 3 aliphatic rings. The second-order valence-corrected chi connectivity index (χ2v) is 9.98. The first kappa shape index (κ1) is 22.4. The lowest BCUT2D eigenvalue weighted by Crippen LogP contribution is -2.37. The van der Waals surface area contributed by atoms with Gasteiger partial charge in [0.15, 0.2) is 0 Å². The van der Waals surface area contributed by atoms with Gasteiger partial charge < -0.3 is 20.5 Å². The zero-order chi connectivity index (χ0) is 23.9. The Morgan fingerprint density at radius 2 is 1.71 bits per heavy atom. The Bertz CT molecular complexity index is 1090. The van der Waals surface area contributed by atoms with Crippen molar-refractivity contribution in [2.24, 2.45) is 11.3 Å². The first-order valence-corrected chi connectivity index (χ1v) is 12.0. The fraction of sp³-hybridized carbons (Fsp3) is 0.444. The van der Waals surface area contributed by atoms with Gasteiger partial charge in [0.1, 0.15) is 6.61 Å². The number of rotatable bonds is 8. The van der Waals surface area contributed by atoms with Gasteiger partial charge in [-0.05, 0) is 60.8 Å². The van der Waals surface area contributed by atoms with Gasteiger partial charge in [-0.15, -0.1) is 0 Å². The molecule has 3 aliphatic carbocycles. The Kier molecular flexibility index (Phi) is 5.80. The van der Waals surface area contributed by atoms with Crippen molar-refractivity contribution in [1.29, 1.82) is 0 Å². The maximum absolute atomic E-state index is 12.4. The van der Waals surface area contributed by atoms with E-state index in [2.05, 4.69) is 34.9 Å². The lowest BCUT2D eigenvalue weighted by atomic mass is 9.98. The van der Waals surface area contributed by atoms with E-state index in [9.17, 15) is 19.5 Å².